The van der Waals surface area contributed by atoms with Gasteiger partial charge in [-0.05, 0) is 11.1 Å². The minimum atomic E-state index is 0.0636. The van der Waals surface area contributed by atoms with Crippen LogP contribution in [-0.2, 0) is 4.79 Å². The van der Waals surface area contributed by atoms with Gasteiger partial charge >= 0.3 is 0 Å². The maximum Gasteiger partial charge on any atom is 0.225 e. The van der Waals surface area contributed by atoms with Crippen LogP contribution >= 0.6 is 0 Å². The van der Waals surface area contributed by atoms with Crippen LogP contribution in [0.15, 0.2) is 60.7 Å². The number of β-lactam (4-membered cyclic amide) rings is 1. The molecule has 0 aromatic heterocycles. The summed E-state index contributed by atoms with van der Waals surface area (Å²) in [7, 11) is 0. The fourth-order valence-electron chi connectivity index (χ4n) is 2.43. The Bertz CT molecular complexity index is 496. The zero-order valence-electron chi connectivity index (χ0n) is 10.1. The molecule has 2 aromatic carbocycles. The molecule has 18 heavy (non-hydrogen) atoms. The van der Waals surface area contributed by atoms with Crippen molar-refractivity contribution in [2.75, 3.05) is 6.54 Å². The van der Waals surface area contributed by atoms with E-state index in [-0.39, 0.29) is 11.9 Å². The van der Waals surface area contributed by atoms with Crippen LogP contribution in [0.25, 0.3) is 0 Å². The number of likely N-dealkylation sites (tertiary alicyclic amines) is 1. The smallest absolute Gasteiger partial charge is 0.225 e. The van der Waals surface area contributed by atoms with Gasteiger partial charge in [-0.15, -0.1) is 0 Å². The number of amides is 1. The molecule has 0 aliphatic carbocycles. The summed E-state index contributed by atoms with van der Waals surface area (Å²) in [4.78, 5) is 13.7. The largest absolute Gasteiger partial charge is 0.331 e. The Labute approximate surface area is 107 Å². The minimum absolute atomic E-state index is 0.0636. The Hall–Kier alpha value is -2.09. The Kier molecular flexibility index (Phi) is 2.85. The van der Waals surface area contributed by atoms with Gasteiger partial charge in [0.05, 0.1) is 6.04 Å². The molecule has 2 nitrogen and oxygen atoms in total. The molecular weight excluding hydrogens is 222 g/mol. The van der Waals surface area contributed by atoms with Gasteiger partial charge in [-0.25, -0.2) is 0 Å². The third-order valence-corrected chi connectivity index (χ3v) is 3.43. The van der Waals surface area contributed by atoms with Gasteiger partial charge in [0.2, 0.25) is 5.91 Å². The second kappa shape index (κ2) is 4.65. The molecule has 1 saturated heterocycles. The van der Waals surface area contributed by atoms with Crippen LogP contribution in [0.5, 0.6) is 0 Å². The molecule has 0 unspecified atom stereocenters. The molecule has 1 fully saturated rings. The summed E-state index contributed by atoms with van der Waals surface area (Å²) in [5.74, 6) is 0.243. The van der Waals surface area contributed by atoms with Crippen LogP contribution < -0.4 is 0 Å². The second-order valence-electron chi connectivity index (χ2n) is 4.56. The summed E-state index contributed by atoms with van der Waals surface area (Å²) < 4.78 is 0. The number of carbonyl (C=O) groups is 1. The van der Waals surface area contributed by atoms with E-state index in [9.17, 15) is 4.79 Å². The Morgan fingerprint density at radius 1 is 0.833 bits per heavy atom. The molecule has 3 rings (SSSR count). The van der Waals surface area contributed by atoms with Gasteiger partial charge in [0.1, 0.15) is 0 Å². The summed E-state index contributed by atoms with van der Waals surface area (Å²) in [6, 6.07) is 20.5. The molecule has 1 aliphatic rings. The summed E-state index contributed by atoms with van der Waals surface area (Å²) >= 11 is 0. The topological polar surface area (TPSA) is 20.3 Å². The molecule has 0 radical (unpaired) electrons. The monoisotopic (exact) mass is 237 g/mol. The van der Waals surface area contributed by atoms with Crippen molar-refractivity contribution >= 4 is 5.91 Å². The third kappa shape index (κ3) is 1.90. The lowest BCUT2D eigenvalue weighted by atomic mass is 9.94. The molecule has 0 bridgehead atoms. The molecule has 1 heterocycles. The first kappa shape index (κ1) is 11.0. The Morgan fingerprint density at radius 2 is 1.33 bits per heavy atom. The maximum atomic E-state index is 11.7. The van der Waals surface area contributed by atoms with Crippen molar-refractivity contribution in [1.82, 2.24) is 4.90 Å². The molecule has 0 saturated carbocycles. The van der Waals surface area contributed by atoms with Crippen molar-refractivity contribution in [3.8, 4) is 0 Å². The molecule has 0 N–H and O–H groups in total. The number of carbonyl (C=O) groups excluding carboxylic acids is 1. The van der Waals surface area contributed by atoms with E-state index in [0.717, 1.165) is 6.54 Å². The summed E-state index contributed by atoms with van der Waals surface area (Å²) in [5, 5.41) is 0. The van der Waals surface area contributed by atoms with E-state index in [1.165, 1.54) is 11.1 Å². The standard InChI is InChI=1S/C16H15NO/c18-15-11-12-17(15)16(13-7-3-1-4-8-13)14-9-5-2-6-10-14/h1-10,16H,11-12H2. The van der Waals surface area contributed by atoms with Gasteiger partial charge in [-0.3, -0.25) is 4.79 Å². The summed E-state index contributed by atoms with van der Waals surface area (Å²) in [5.41, 5.74) is 2.36. The van der Waals surface area contributed by atoms with Gasteiger partial charge in [-0.2, -0.15) is 0 Å². The number of rotatable bonds is 3. The minimum Gasteiger partial charge on any atom is -0.331 e. The first-order chi connectivity index (χ1) is 8.86. The normalized spacial score (nSPS) is 14.7. The molecule has 2 aromatic rings. The summed E-state index contributed by atoms with van der Waals surface area (Å²) in [6.45, 7) is 0.854. The van der Waals surface area contributed by atoms with Crippen LogP contribution in [0.2, 0.25) is 0 Å². The van der Waals surface area contributed by atoms with Crippen molar-refractivity contribution in [1.29, 1.82) is 0 Å². The van der Waals surface area contributed by atoms with Gasteiger partial charge in [0.25, 0.3) is 0 Å². The van der Waals surface area contributed by atoms with Crippen LogP contribution in [0.4, 0.5) is 0 Å². The van der Waals surface area contributed by atoms with E-state index < -0.39 is 0 Å². The Balaban J connectivity index is 2.02. The van der Waals surface area contributed by atoms with Gasteiger partial charge < -0.3 is 4.90 Å². The van der Waals surface area contributed by atoms with E-state index in [1.54, 1.807) is 0 Å². The molecule has 0 atom stereocenters. The lowest BCUT2D eigenvalue weighted by Gasteiger charge is -2.38. The van der Waals surface area contributed by atoms with E-state index in [4.69, 9.17) is 0 Å². The van der Waals surface area contributed by atoms with E-state index in [2.05, 4.69) is 24.3 Å². The maximum absolute atomic E-state index is 11.7. The van der Waals surface area contributed by atoms with Crippen LogP contribution in [0.1, 0.15) is 23.6 Å². The molecule has 0 spiro atoms. The van der Waals surface area contributed by atoms with Crippen molar-refractivity contribution < 1.29 is 4.79 Å². The fourth-order valence-corrected chi connectivity index (χ4v) is 2.43. The predicted molar refractivity (Wildman–Crippen MR) is 71.1 cm³/mol. The van der Waals surface area contributed by atoms with Crippen LogP contribution in [0.3, 0.4) is 0 Å². The molecule has 2 heteroatoms. The third-order valence-electron chi connectivity index (χ3n) is 3.43. The number of nitrogens with zero attached hydrogens (tertiary/aromatic N) is 1. The SMILES string of the molecule is O=C1CCN1C(c1ccccc1)c1ccccc1. The van der Waals surface area contributed by atoms with Gasteiger partial charge in [0.15, 0.2) is 0 Å². The predicted octanol–water partition coefficient (Wildman–Crippen LogP) is 3.01. The van der Waals surface area contributed by atoms with Crippen molar-refractivity contribution in [3.05, 3.63) is 71.8 Å². The first-order valence-electron chi connectivity index (χ1n) is 6.25. The van der Waals surface area contributed by atoms with Gasteiger partial charge in [-0.1, -0.05) is 60.7 Å². The molecule has 1 aliphatic heterocycles. The molecule has 1 amide bonds. The van der Waals surface area contributed by atoms with Crippen molar-refractivity contribution in [2.45, 2.75) is 12.5 Å². The zero-order valence-corrected chi connectivity index (χ0v) is 10.1. The summed E-state index contributed by atoms with van der Waals surface area (Å²) in [6.07, 6.45) is 0.677. The average molecular weight is 237 g/mol. The van der Waals surface area contributed by atoms with Crippen LogP contribution in [-0.4, -0.2) is 17.4 Å². The Morgan fingerprint density at radius 3 is 1.67 bits per heavy atom. The molecule has 90 valence electrons. The highest BCUT2D eigenvalue weighted by atomic mass is 16.2. The number of hydrogen-bond donors (Lipinski definition) is 0. The van der Waals surface area contributed by atoms with Gasteiger partial charge in [0, 0.05) is 13.0 Å². The second-order valence-corrected chi connectivity index (χ2v) is 4.56. The van der Waals surface area contributed by atoms with E-state index in [0.29, 0.717) is 6.42 Å². The zero-order chi connectivity index (χ0) is 12.4. The van der Waals surface area contributed by atoms with Crippen molar-refractivity contribution in [3.63, 3.8) is 0 Å². The first-order valence-corrected chi connectivity index (χ1v) is 6.25. The van der Waals surface area contributed by atoms with Crippen LogP contribution in [0, 0.1) is 0 Å². The highest BCUT2D eigenvalue weighted by molar-refractivity contribution is 5.82. The highest BCUT2D eigenvalue weighted by Crippen LogP contribution is 2.32. The lowest BCUT2D eigenvalue weighted by Crippen LogP contribution is -2.46. The lowest BCUT2D eigenvalue weighted by molar-refractivity contribution is -0.142. The van der Waals surface area contributed by atoms with Crippen molar-refractivity contribution in [2.24, 2.45) is 0 Å². The fraction of sp³-hybridized carbons (Fsp3) is 0.188. The quantitative estimate of drug-likeness (QED) is 0.751. The number of benzene rings is 2. The number of hydrogen-bond acceptors (Lipinski definition) is 1. The molecular formula is C16H15NO. The highest BCUT2D eigenvalue weighted by Gasteiger charge is 2.32. The van der Waals surface area contributed by atoms with E-state index >= 15 is 0 Å². The average Bonchev–Trinajstić information content (AvgIpc) is 2.45. The van der Waals surface area contributed by atoms with E-state index in [1.807, 2.05) is 41.3 Å².